The van der Waals surface area contributed by atoms with Crippen LogP contribution < -0.4 is 0 Å². The van der Waals surface area contributed by atoms with Gasteiger partial charge in [0.15, 0.2) is 0 Å². The first kappa shape index (κ1) is 20.8. The van der Waals surface area contributed by atoms with Crippen molar-refractivity contribution >= 4 is 17.5 Å². The van der Waals surface area contributed by atoms with E-state index in [1.807, 2.05) is 23.1 Å². The monoisotopic (exact) mass is 402 g/mol. The van der Waals surface area contributed by atoms with Crippen molar-refractivity contribution in [2.24, 2.45) is 0 Å². The number of ether oxygens (including phenoxy) is 2. The van der Waals surface area contributed by atoms with Gasteiger partial charge in [0.2, 0.25) is 5.91 Å². The molecule has 5 nitrogen and oxygen atoms in total. The Labute approximate surface area is 171 Å². The largest absolute Gasteiger partial charge is 0.382 e. The number of methoxy groups -OCH3 is 1. The van der Waals surface area contributed by atoms with Gasteiger partial charge in [0.1, 0.15) is 6.61 Å². The Balaban J connectivity index is 1.65. The highest BCUT2D eigenvalue weighted by molar-refractivity contribution is 6.30. The lowest BCUT2D eigenvalue weighted by Gasteiger charge is -2.39. The van der Waals surface area contributed by atoms with Gasteiger partial charge < -0.3 is 14.4 Å². The molecule has 1 heterocycles. The van der Waals surface area contributed by atoms with Gasteiger partial charge in [-0.25, -0.2) is 0 Å². The van der Waals surface area contributed by atoms with Gasteiger partial charge in [-0.3, -0.25) is 9.69 Å². The summed E-state index contributed by atoms with van der Waals surface area (Å²) in [4.78, 5) is 16.6. The molecule has 1 atom stereocenters. The van der Waals surface area contributed by atoms with Crippen molar-refractivity contribution in [1.29, 1.82) is 0 Å². The van der Waals surface area contributed by atoms with E-state index < -0.39 is 0 Å². The van der Waals surface area contributed by atoms with Crippen LogP contribution in [0.1, 0.15) is 17.2 Å². The molecule has 150 valence electrons. The topological polar surface area (TPSA) is 42.0 Å². The maximum absolute atomic E-state index is 12.3. The zero-order valence-electron chi connectivity index (χ0n) is 16.2. The van der Waals surface area contributed by atoms with Gasteiger partial charge in [0.25, 0.3) is 0 Å². The molecule has 28 heavy (non-hydrogen) atoms. The normalized spacial score (nSPS) is 16.1. The van der Waals surface area contributed by atoms with Crippen molar-refractivity contribution in [3.05, 3.63) is 70.7 Å². The van der Waals surface area contributed by atoms with E-state index in [9.17, 15) is 4.79 Å². The summed E-state index contributed by atoms with van der Waals surface area (Å²) in [5.74, 6) is 0.0403. The molecule has 1 amide bonds. The highest BCUT2D eigenvalue weighted by Crippen LogP contribution is 2.30. The molecule has 1 saturated heterocycles. The summed E-state index contributed by atoms with van der Waals surface area (Å²) < 4.78 is 10.3. The third kappa shape index (κ3) is 5.55. The van der Waals surface area contributed by atoms with Crippen LogP contribution >= 0.6 is 11.6 Å². The summed E-state index contributed by atoms with van der Waals surface area (Å²) in [6.07, 6.45) is 0. The number of benzene rings is 2. The van der Waals surface area contributed by atoms with Gasteiger partial charge in [0, 0.05) is 38.3 Å². The molecule has 1 unspecified atom stereocenters. The van der Waals surface area contributed by atoms with Crippen LogP contribution in [-0.2, 0) is 14.3 Å². The smallest absolute Gasteiger partial charge is 0.248 e. The molecule has 0 spiro atoms. The molecule has 0 N–H and O–H groups in total. The van der Waals surface area contributed by atoms with Crippen LogP contribution in [0, 0.1) is 0 Å². The Morgan fingerprint density at radius 2 is 1.61 bits per heavy atom. The van der Waals surface area contributed by atoms with Crippen molar-refractivity contribution < 1.29 is 14.3 Å². The van der Waals surface area contributed by atoms with Crippen LogP contribution in [0.15, 0.2) is 54.6 Å². The maximum atomic E-state index is 12.3. The number of carbonyl (C=O) groups is 1. The average molecular weight is 403 g/mol. The second kappa shape index (κ2) is 10.6. The summed E-state index contributed by atoms with van der Waals surface area (Å²) in [7, 11) is 1.62. The summed E-state index contributed by atoms with van der Waals surface area (Å²) >= 11 is 6.09. The SMILES string of the molecule is COCCOCC(=O)N1CCN(C(c2ccccc2)c2ccc(Cl)cc2)CC1. The van der Waals surface area contributed by atoms with E-state index in [-0.39, 0.29) is 18.6 Å². The van der Waals surface area contributed by atoms with Gasteiger partial charge >= 0.3 is 0 Å². The van der Waals surface area contributed by atoms with E-state index in [4.69, 9.17) is 21.1 Å². The fraction of sp³-hybridized carbons (Fsp3) is 0.409. The van der Waals surface area contributed by atoms with Gasteiger partial charge in [0.05, 0.1) is 19.3 Å². The number of carbonyl (C=O) groups excluding carboxylic acids is 1. The first-order chi connectivity index (χ1) is 13.7. The molecular formula is C22H27ClN2O3. The second-order valence-corrected chi connectivity index (χ2v) is 7.26. The number of hydrogen-bond acceptors (Lipinski definition) is 4. The molecule has 0 aliphatic carbocycles. The predicted molar refractivity (Wildman–Crippen MR) is 111 cm³/mol. The van der Waals surface area contributed by atoms with E-state index in [0.29, 0.717) is 26.3 Å². The minimum atomic E-state index is 0.0403. The van der Waals surface area contributed by atoms with Gasteiger partial charge in [-0.05, 0) is 23.3 Å². The van der Waals surface area contributed by atoms with Crippen molar-refractivity contribution in [3.8, 4) is 0 Å². The molecule has 1 aliphatic heterocycles. The second-order valence-electron chi connectivity index (χ2n) is 6.83. The maximum Gasteiger partial charge on any atom is 0.248 e. The fourth-order valence-electron chi connectivity index (χ4n) is 3.52. The Hall–Kier alpha value is -1.92. The van der Waals surface area contributed by atoms with Crippen LogP contribution in [0.2, 0.25) is 5.02 Å². The number of piperazine rings is 1. The Morgan fingerprint density at radius 3 is 2.25 bits per heavy atom. The van der Waals surface area contributed by atoms with Gasteiger partial charge in [-0.1, -0.05) is 54.1 Å². The van der Waals surface area contributed by atoms with Crippen LogP contribution in [0.5, 0.6) is 0 Å². The van der Waals surface area contributed by atoms with E-state index in [1.54, 1.807) is 7.11 Å². The fourth-order valence-corrected chi connectivity index (χ4v) is 3.64. The van der Waals surface area contributed by atoms with E-state index in [0.717, 1.165) is 18.1 Å². The Bertz CT molecular complexity index is 731. The molecule has 1 fully saturated rings. The summed E-state index contributed by atoms with van der Waals surface area (Å²) in [6.45, 7) is 4.07. The average Bonchev–Trinajstić information content (AvgIpc) is 2.74. The first-order valence-electron chi connectivity index (χ1n) is 9.58. The van der Waals surface area contributed by atoms with Gasteiger partial charge in [-0.15, -0.1) is 0 Å². The molecule has 0 aromatic heterocycles. The lowest BCUT2D eigenvalue weighted by atomic mass is 9.96. The third-order valence-electron chi connectivity index (χ3n) is 4.99. The summed E-state index contributed by atoms with van der Waals surface area (Å²) in [5.41, 5.74) is 2.45. The highest BCUT2D eigenvalue weighted by atomic mass is 35.5. The molecule has 3 rings (SSSR count). The minimum absolute atomic E-state index is 0.0403. The Morgan fingerprint density at radius 1 is 0.964 bits per heavy atom. The van der Waals surface area contributed by atoms with E-state index in [2.05, 4.69) is 41.3 Å². The molecule has 2 aromatic carbocycles. The standard InChI is InChI=1S/C22H27ClN2O3/c1-27-15-16-28-17-21(26)24-11-13-25(14-12-24)22(18-5-3-2-4-6-18)19-7-9-20(23)10-8-19/h2-10,22H,11-17H2,1H3. The molecular weight excluding hydrogens is 376 g/mol. The van der Waals surface area contributed by atoms with E-state index >= 15 is 0 Å². The molecule has 0 radical (unpaired) electrons. The number of hydrogen-bond donors (Lipinski definition) is 0. The molecule has 1 aliphatic rings. The molecule has 6 heteroatoms. The minimum Gasteiger partial charge on any atom is -0.382 e. The zero-order chi connectivity index (χ0) is 19.8. The summed E-state index contributed by atoms with van der Waals surface area (Å²) in [6, 6.07) is 18.7. The van der Waals surface area contributed by atoms with Crippen LogP contribution in [-0.4, -0.2) is 68.8 Å². The highest BCUT2D eigenvalue weighted by Gasteiger charge is 2.28. The Kier molecular flexibility index (Phi) is 7.86. The predicted octanol–water partition coefficient (Wildman–Crippen LogP) is 3.24. The number of halogens is 1. The van der Waals surface area contributed by atoms with Gasteiger partial charge in [-0.2, -0.15) is 0 Å². The molecule has 2 aromatic rings. The number of rotatable bonds is 8. The van der Waals surface area contributed by atoms with Crippen molar-refractivity contribution in [1.82, 2.24) is 9.80 Å². The zero-order valence-corrected chi connectivity index (χ0v) is 17.0. The third-order valence-corrected chi connectivity index (χ3v) is 5.24. The molecule has 0 bridgehead atoms. The lowest BCUT2D eigenvalue weighted by molar-refractivity contribution is -0.138. The lowest BCUT2D eigenvalue weighted by Crippen LogP contribution is -2.50. The van der Waals surface area contributed by atoms with E-state index in [1.165, 1.54) is 11.1 Å². The quantitative estimate of drug-likeness (QED) is 0.636. The van der Waals surface area contributed by atoms with Crippen molar-refractivity contribution in [2.75, 3.05) is 53.1 Å². The van der Waals surface area contributed by atoms with Crippen LogP contribution in [0.25, 0.3) is 0 Å². The summed E-state index contributed by atoms with van der Waals surface area (Å²) in [5, 5.41) is 0.736. The first-order valence-corrected chi connectivity index (χ1v) is 9.96. The van der Waals surface area contributed by atoms with Crippen molar-refractivity contribution in [3.63, 3.8) is 0 Å². The van der Waals surface area contributed by atoms with Crippen LogP contribution in [0.3, 0.4) is 0 Å². The molecule has 0 saturated carbocycles. The van der Waals surface area contributed by atoms with Crippen molar-refractivity contribution in [2.45, 2.75) is 6.04 Å². The number of amides is 1. The number of nitrogens with zero attached hydrogens (tertiary/aromatic N) is 2. The van der Waals surface area contributed by atoms with Crippen LogP contribution in [0.4, 0.5) is 0 Å².